The number of phenols is 1. The highest BCUT2D eigenvalue weighted by molar-refractivity contribution is 6.33. The molecule has 13 heavy (non-hydrogen) atoms. The zero-order valence-corrected chi connectivity index (χ0v) is 6.97. The molecule has 1 aromatic carbocycles. The summed E-state index contributed by atoms with van der Waals surface area (Å²) in [6, 6.07) is 4.19. The predicted octanol–water partition coefficient (Wildman–Crippen LogP) is -0.251. The van der Waals surface area contributed by atoms with Gasteiger partial charge in [0.15, 0.2) is 5.75 Å². The van der Waals surface area contributed by atoms with Crippen LogP contribution >= 0.6 is 0 Å². The van der Waals surface area contributed by atoms with Gasteiger partial charge in [-0.1, -0.05) is 0 Å². The van der Waals surface area contributed by atoms with Crippen molar-refractivity contribution < 1.29 is 24.5 Å². The number of methoxy groups -OCH3 is 1. The van der Waals surface area contributed by atoms with Crippen LogP contribution in [0.3, 0.4) is 0 Å². The molecule has 6 heteroatoms. The molecule has 1 rings (SSSR count). The Labute approximate surface area is 75.3 Å². The SMILES string of the molecule is COc1ccc(O)c(OB(O)O)c1. The van der Waals surface area contributed by atoms with Gasteiger partial charge in [0.05, 0.1) is 7.11 Å². The van der Waals surface area contributed by atoms with E-state index < -0.39 is 7.32 Å². The van der Waals surface area contributed by atoms with Crippen LogP contribution < -0.4 is 9.39 Å². The number of hydrogen-bond acceptors (Lipinski definition) is 5. The molecule has 3 N–H and O–H groups in total. The maximum atomic E-state index is 9.18. The van der Waals surface area contributed by atoms with E-state index in [1.54, 1.807) is 0 Å². The summed E-state index contributed by atoms with van der Waals surface area (Å²) in [7, 11) is -0.510. The van der Waals surface area contributed by atoms with Crippen LogP contribution in [0.25, 0.3) is 0 Å². The molecule has 0 fully saturated rings. The molecule has 0 amide bonds. The van der Waals surface area contributed by atoms with Crippen molar-refractivity contribution in [3.8, 4) is 17.2 Å². The Hall–Kier alpha value is -1.40. The Balaban J connectivity index is 2.90. The van der Waals surface area contributed by atoms with Crippen LogP contribution in [0.5, 0.6) is 17.2 Å². The first-order chi connectivity index (χ1) is 6.13. The lowest BCUT2D eigenvalue weighted by Crippen LogP contribution is -2.20. The van der Waals surface area contributed by atoms with Gasteiger partial charge < -0.3 is 24.5 Å². The topological polar surface area (TPSA) is 79.2 Å². The number of rotatable bonds is 3. The molecular formula is C7H9BO5. The highest BCUT2D eigenvalue weighted by Crippen LogP contribution is 2.29. The first kappa shape index (κ1) is 9.69. The van der Waals surface area contributed by atoms with E-state index in [-0.39, 0.29) is 11.5 Å². The lowest BCUT2D eigenvalue weighted by Gasteiger charge is -2.08. The van der Waals surface area contributed by atoms with Crippen molar-refractivity contribution in [3.63, 3.8) is 0 Å². The highest BCUT2D eigenvalue weighted by Gasteiger charge is 2.14. The highest BCUT2D eigenvalue weighted by atomic mass is 16.6. The third-order valence-corrected chi connectivity index (χ3v) is 1.40. The fraction of sp³-hybridized carbons (Fsp3) is 0.143. The fourth-order valence-corrected chi connectivity index (χ4v) is 0.829. The molecule has 0 aliphatic heterocycles. The first-order valence-corrected chi connectivity index (χ1v) is 3.53. The molecule has 0 spiro atoms. The summed E-state index contributed by atoms with van der Waals surface area (Å²) < 4.78 is 9.31. The van der Waals surface area contributed by atoms with Crippen molar-refractivity contribution in [2.24, 2.45) is 0 Å². The monoisotopic (exact) mass is 184 g/mol. The summed E-state index contributed by atoms with van der Waals surface area (Å²) in [5, 5.41) is 26.1. The molecule has 1 aromatic rings. The standard InChI is InChI=1S/C7H9BO5/c1-12-5-2-3-6(9)7(4-5)13-8(10)11/h2-4,9-11H,1H3. The molecular weight excluding hydrogens is 175 g/mol. The Morgan fingerprint density at radius 2 is 2.00 bits per heavy atom. The Kier molecular flexibility index (Phi) is 3.00. The molecule has 0 heterocycles. The minimum absolute atomic E-state index is 0.0469. The van der Waals surface area contributed by atoms with Crippen LogP contribution in [-0.4, -0.2) is 29.6 Å². The van der Waals surface area contributed by atoms with E-state index in [0.717, 1.165) is 0 Å². The molecule has 0 bridgehead atoms. The van der Waals surface area contributed by atoms with E-state index in [9.17, 15) is 5.11 Å². The van der Waals surface area contributed by atoms with Gasteiger partial charge >= 0.3 is 7.32 Å². The summed E-state index contributed by atoms with van der Waals surface area (Å²) in [4.78, 5) is 0. The lowest BCUT2D eigenvalue weighted by atomic mass is 10.2. The largest absolute Gasteiger partial charge is 0.707 e. The summed E-state index contributed by atoms with van der Waals surface area (Å²) in [5.41, 5.74) is 0. The van der Waals surface area contributed by atoms with Crippen LogP contribution in [0.1, 0.15) is 0 Å². The Morgan fingerprint density at radius 3 is 2.54 bits per heavy atom. The van der Waals surface area contributed by atoms with E-state index in [2.05, 4.69) is 4.65 Å². The van der Waals surface area contributed by atoms with Crippen LogP contribution in [0, 0.1) is 0 Å². The van der Waals surface area contributed by atoms with Gasteiger partial charge in [-0.2, -0.15) is 0 Å². The van der Waals surface area contributed by atoms with Gasteiger partial charge in [-0.15, -0.1) is 0 Å². The number of benzene rings is 1. The minimum atomic E-state index is -1.96. The average molecular weight is 184 g/mol. The van der Waals surface area contributed by atoms with E-state index in [4.69, 9.17) is 14.8 Å². The van der Waals surface area contributed by atoms with Gasteiger partial charge in [0.25, 0.3) is 0 Å². The molecule has 0 aliphatic carbocycles. The second kappa shape index (κ2) is 4.02. The zero-order valence-electron chi connectivity index (χ0n) is 6.97. The smallest absolute Gasteiger partial charge is 0.509 e. The van der Waals surface area contributed by atoms with Gasteiger partial charge in [0, 0.05) is 6.07 Å². The lowest BCUT2D eigenvalue weighted by molar-refractivity contribution is 0.280. The molecule has 0 radical (unpaired) electrons. The van der Waals surface area contributed by atoms with E-state index in [1.165, 1.54) is 25.3 Å². The third-order valence-electron chi connectivity index (χ3n) is 1.40. The second-order valence-electron chi connectivity index (χ2n) is 2.28. The van der Waals surface area contributed by atoms with E-state index in [0.29, 0.717) is 5.75 Å². The number of aromatic hydroxyl groups is 1. The number of ether oxygens (including phenoxy) is 1. The molecule has 0 unspecified atom stereocenters. The molecule has 0 aliphatic rings. The molecule has 0 saturated carbocycles. The first-order valence-electron chi connectivity index (χ1n) is 3.53. The summed E-state index contributed by atoms with van der Waals surface area (Å²) in [5.74, 6) is 0.219. The van der Waals surface area contributed by atoms with Gasteiger partial charge in [-0.05, 0) is 12.1 Å². The maximum absolute atomic E-state index is 9.18. The van der Waals surface area contributed by atoms with Gasteiger partial charge in [0.1, 0.15) is 11.5 Å². The molecule has 5 nitrogen and oxygen atoms in total. The van der Waals surface area contributed by atoms with E-state index >= 15 is 0 Å². The summed E-state index contributed by atoms with van der Waals surface area (Å²) >= 11 is 0. The quantitative estimate of drug-likeness (QED) is 0.564. The van der Waals surface area contributed by atoms with E-state index in [1.807, 2.05) is 0 Å². The molecule has 0 atom stereocenters. The zero-order chi connectivity index (χ0) is 9.84. The van der Waals surface area contributed by atoms with Crippen LogP contribution in [-0.2, 0) is 0 Å². The summed E-state index contributed by atoms with van der Waals surface area (Å²) in [6.07, 6.45) is 0. The van der Waals surface area contributed by atoms with Crippen molar-refractivity contribution >= 4 is 7.32 Å². The van der Waals surface area contributed by atoms with Gasteiger partial charge in [-0.3, -0.25) is 0 Å². The minimum Gasteiger partial charge on any atom is -0.509 e. The Bertz CT molecular complexity index is 288. The van der Waals surface area contributed by atoms with Crippen LogP contribution in [0.2, 0.25) is 0 Å². The van der Waals surface area contributed by atoms with Crippen molar-refractivity contribution in [3.05, 3.63) is 18.2 Å². The molecule has 70 valence electrons. The van der Waals surface area contributed by atoms with Gasteiger partial charge in [-0.25, -0.2) is 0 Å². The molecule has 0 aromatic heterocycles. The van der Waals surface area contributed by atoms with Crippen molar-refractivity contribution in [2.75, 3.05) is 7.11 Å². The molecule has 0 saturated heterocycles. The second-order valence-corrected chi connectivity index (χ2v) is 2.28. The maximum Gasteiger partial charge on any atom is 0.707 e. The number of phenolic OH excluding ortho intramolecular Hbond substituents is 1. The average Bonchev–Trinajstić information content (AvgIpc) is 2.08. The van der Waals surface area contributed by atoms with Crippen LogP contribution in [0.15, 0.2) is 18.2 Å². The van der Waals surface area contributed by atoms with Crippen molar-refractivity contribution in [1.82, 2.24) is 0 Å². The Morgan fingerprint density at radius 1 is 1.31 bits per heavy atom. The summed E-state index contributed by atoms with van der Waals surface area (Å²) in [6.45, 7) is 0. The van der Waals surface area contributed by atoms with Crippen LogP contribution in [0.4, 0.5) is 0 Å². The third kappa shape index (κ3) is 2.53. The predicted molar refractivity (Wildman–Crippen MR) is 45.5 cm³/mol. The fourth-order valence-electron chi connectivity index (χ4n) is 0.829. The van der Waals surface area contributed by atoms with Crippen molar-refractivity contribution in [2.45, 2.75) is 0 Å². The normalized spacial score (nSPS) is 9.46. The van der Waals surface area contributed by atoms with Crippen molar-refractivity contribution in [1.29, 1.82) is 0 Å². The van der Waals surface area contributed by atoms with Gasteiger partial charge in [0.2, 0.25) is 0 Å². The number of hydrogen-bond donors (Lipinski definition) is 3.